The van der Waals surface area contributed by atoms with Crippen molar-refractivity contribution in [1.29, 1.82) is 0 Å². The van der Waals surface area contributed by atoms with Gasteiger partial charge in [0.15, 0.2) is 0 Å². The van der Waals surface area contributed by atoms with Gasteiger partial charge in [-0.2, -0.15) is 0 Å². The number of nitrogens with one attached hydrogen (secondary N) is 1. The van der Waals surface area contributed by atoms with E-state index in [9.17, 15) is 4.79 Å². The molecule has 0 unspecified atom stereocenters. The standard InChI is InChI=1S/C11H11NO/c1-7-4-3-5-9-8(2)6-10(13)12-11(7)9/h3-6H,1-2H3,(H,12,13). The van der Waals surface area contributed by atoms with Crippen molar-refractivity contribution in [2.45, 2.75) is 13.8 Å². The quantitative estimate of drug-likeness (QED) is 0.650. The van der Waals surface area contributed by atoms with E-state index in [2.05, 4.69) is 4.98 Å². The van der Waals surface area contributed by atoms with E-state index in [4.69, 9.17) is 0 Å². The summed E-state index contributed by atoms with van der Waals surface area (Å²) in [6, 6.07) is 7.65. The number of pyridine rings is 1. The number of aryl methyl sites for hydroxylation is 2. The van der Waals surface area contributed by atoms with Gasteiger partial charge >= 0.3 is 0 Å². The van der Waals surface area contributed by atoms with Crippen LogP contribution in [0.3, 0.4) is 0 Å². The maximum absolute atomic E-state index is 11.2. The molecule has 0 bridgehead atoms. The first-order valence-electron chi connectivity index (χ1n) is 4.28. The summed E-state index contributed by atoms with van der Waals surface area (Å²) >= 11 is 0. The molecule has 2 rings (SSSR count). The lowest BCUT2D eigenvalue weighted by atomic mass is 10.1. The fraction of sp³-hybridized carbons (Fsp3) is 0.182. The van der Waals surface area contributed by atoms with Crippen molar-refractivity contribution < 1.29 is 0 Å². The van der Waals surface area contributed by atoms with E-state index in [0.29, 0.717) is 0 Å². The van der Waals surface area contributed by atoms with Gasteiger partial charge in [0.25, 0.3) is 0 Å². The molecular formula is C11H11NO. The van der Waals surface area contributed by atoms with Gasteiger partial charge in [0.1, 0.15) is 0 Å². The van der Waals surface area contributed by atoms with Crippen LogP contribution in [0.15, 0.2) is 29.1 Å². The lowest BCUT2D eigenvalue weighted by molar-refractivity contribution is 1.26. The van der Waals surface area contributed by atoms with Gasteiger partial charge in [-0.3, -0.25) is 4.79 Å². The number of hydrogen-bond donors (Lipinski definition) is 1. The molecule has 0 aliphatic rings. The second-order valence-electron chi connectivity index (χ2n) is 3.31. The third-order valence-corrected chi connectivity index (χ3v) is 2.29. The highest BCUT2D eigenvalue weighted by Crippen LogP contribution is 2.16. The number of benzene rings is 1. The highest BCUT2D eigenvalue weighted by molar-refractivity contribution is 5.84. The summed E-state index contributed by atoms with van der Waals surface area (Å²) in [6.45, 7) is 3.95. The van der Waals surface area contributed by atoms with Crippen molar-refractivity contribution in [2.24, 2.45) is 0 Å². The van der Waals surface area contributed by atoms with Crippen molar-refractivity contribution in [3.05, 3.63) is 45.7 Å². The minimum absolute atomic E-state index is 0.0284. The monoisotopic (exact) mass is 173 g/mol. The second kappa shape index (κ2) is 2.73. The number of aromatic amines is 1. The minimum Gasteiger partial charge on any atom is -0.322 e. The fourth-order valence-electron chi connectivity index (χ4n) is 1.60. The van der Waals surface area contributed by atoms with E-state index >= 15 is 0 Å². The van der Waals surface area contributed by atoms with Gasteiger partial charge in [-0.25, -0.2) is 0 Å². The van der Waals surface area contributed by atoms with E-state index in [1.165, 1.54) is 0 Å². The van der Waals surface area contributed by atoms with Crippen molar-refractivity contribution >= 4 is 10.9 Å². The number of aromatic nitrogens is 1. The molecule has 2 aromatic rings. The van der Waals surface area contributed by atoms with E-state index < -0.39 is 0 Å². The molecule has 0 aliphatic carbocycles. The lowest BCUT2D eigenvalue weighted by Crippen LogP contribution is -2.05. The Hall–Kier alpha value is -1.57. The summed E-state index contributed by atoms with van der Waals surface area (Å²) in [4.78, 5) is 14.0. The molecule has 1 aromatic heterocycles. The molecule has 0 radical (unpaired) electrons. The van der Waals surface area contributed by atoms with Gasteiger partial charge in [-0.05, 0) is 25.0 Å². The molecule has 0 saturated heterocycles. The Morgan fingerprint density at radius 3 is 2.69 bits per heavy atom. The minimum atomic E-state index is -0.0284. The first-order chi connectivity index (χ1) is 6.18. The highest BCUT2D eigenvalue weighted by Gasteiger charge is 2.00. The maximum Gasteiger partial charge on any atom is 0.248 e. The third kappa shape index (κ3) is 1.24. The number of rotatable bonds is 0. The molecular weight excluding hydrogens is 162 g/mol. The average molecular weight is 173 g/mol. The second-order valence-corrected chi connectivity index (χ2v) is 3.31. The van der Waals surface area contributed by atoms with Crippen molar-refractivity contribution in [2.75, 3.05) is 0 Å². The van der Waals surface area contributed by atoms with Crippen LogP contribution < -0.4 is 5.56 Å². The molecule has 0 atom stereocenters. The average Bonchev–Trinajstić information content (AvgIpc) is 2.07. The predicted octanol–water partition coefficient (Wildman–Crippen LogP) is 2.14. The Bertz CT molecular complexity index is 511. The van der Waals surface area contributed by atoms with Gasteiger partial charge in [0.2, 0.25) is 5.56 Å². The molecule has 2 nitrogen and oxygen atoms in total. The number of hydrogen-bond acceptors (Lipinski definition) is 1. The fourth-order valence-corrected chi connectivity index (χ4v) is 1.60. The molecule has 0 amide bonds. The summed E-state index contributed by atoms with van der Waals surface area (Å²) in [6.07, 6.45) is 0. The Morgan fingerprint density at radius 2 is 1.92 bits per heavy atom. The molecule has 1 N–H and O–H groups in total. The van der Waals surface area contributed by atoms with Crippen LogP contribution in [0, 0.1) is 13.8 Å². The molecule has 0 saturated carbocycles. The zero-order valence-corrected chi connectivity index (χ0v) is 7.72. The molecule has 0 spiro atoms. The zero-order chi connectivity index (χ0) is 9.42. The SMILES string of the molecule is Cc1cc(=O)[nH]c2c(C)cccc12. The van der Waals surface area contributed by atoms with E-state index in [0.717, 1.165) is 22.0 Å². The smallest absolute Gasteiger partial charge is 0.248 e. The maximum atomic E-state index is 11.2. The normalized spacial score (nSPS) is 10.6. The molecule has 66 valence electrons. The Kier molecular flexibility index (Phi) is 1.69. The summed E-state index contributed by atoms with van der Waals surface area (Å²) in [5, 5.41) is 1.12. The largest absolute Gasteiger partial charge is 0.322 e. The first-order valence-corrected chi connectivity index (χ1v) is 4.28. The highest BCUT2D eigenvalue weighted by atomic mass is 16.1. The van der Waals surface area contributed by atoms with Gasteiger partial charge in [0, 0.05) is 11.5 Å². The van der Waals surface area contributed by atoms with E-state index in [1.807, 2.05) is 32.0 Å². The van der Waals surface area contributed by atoms with Crippen LogP contribution >= 0.6 is 0 Å². The summed E-state index contributed by atoms with van der Waals surface area (Å²) in [7, 11) is 0. The van der Waals surface area contributed by atoms with Crippen LogP contribution in [-0.2, 0) is 0 Å². The van der Waals surface area contributed by atoms with Crippen LogP contribution in [0.5, 0.6) is 0 Å². The number of H-pyrrole nitrogens is 1. The Labute approximate surface area is 76.2 Å². The summed E-state index contributed by atoms with van der Waals surface area (Å²) < 4.78 is 0. The summed E-state index contributed by atoms with van der Waals surface area (Å²) in [5.74, 6) is 0. The molecule has 2 heteroatoms. The van der Waals surface area contributed by atoms with Crippen LogP contribution in [0.1, 0.15) is 11.1 Å². The van der Waals surface area contributed by atoms with Gasteiger partial charge in [0.05, 0.1) is 5.52 Å². The first kappa shape index (κ1) is 8.05. The molecule has 1 aromatic carbocycles. The van der Waals surface area contributed by atoms with Crippen LogP contribution in [0.2, 0.25) is 0 Å². The molecule has 1 heterocycles. The van der Waals surface area contributed by atoms with Crippen molar-refractivity contribution in [1.82, 2.24) is 4.98 Å². The number of fused-ring (bicyclic) bond motifs is 1. The van der Waals surface area contributed by atoms with Gasteiger partial charge in [-0.1, -0.05) is 18.2 Å². The van der Waals surface area contributed by atoms with Gasteiger partial charge in [-0.15, -0.1) is 0 Å². The van der Waals surface area contributed by atoms with Gasteiger partial charge < -0.3 is 4.98 Å². The van der Waals surface area contributed by atoms with Crippen molar-refractivity contribution in [3.63, 3.8) is 0 Å². The van der Waals surface area contributed by atoms with Crippen LogP contribution in [0.4, 0.5) is 0 Å². The molecule has 0 fully saturated rings. The number of para-hydroxylation sites is 1. The van der Waals surface area contributed by atoms with E-state index in [1.54, 1.807) is 6.07 Å². The van der Waals surface area contributed by atoms with Crippen LogP contribution in [-0.4, -0.2) is 4.98 Å². The van der Waals surface area contributed by atoms with Crippen LogP contribution in [0.25, 0.3) is 10.9 Å². The van der Waals surface area contributed by atoms with Crippen molar-refractivity contribution in [3.8, 4) is 0 Å². The Morgan fingerprint density at radius 1 is 1.15 bits per heavy atom. The molecule has 13 heavy (non-hydrogen) atoms. The molecule has 0 aliphatic heterocycles. The predicted molar refractivity (Wildman–Crippen MR) is 54.0 cm³/mol. The van der Waals surface area contributed by atoms with E-state index in [-0.39, 0.29) is 5.56 Å². The Balaban J connectivity index is 3.03. The lowest BCUT2D eigenvalue weighted by Gasteiger charge is -2.03. The third-order valence-electron chi connectivity index (χ3n) is 2.29. The topological polar surface area (TPSA) is 32.9 Å². The zero-order valence-electron chi connectivity index (χ0n) is 7.72. The summed E-state index contributed by atoms with van der Waals surface area (Å²) in [5.41, 5.74) is 3.06.